The van der Waals surface area contributed by atoms with Crippen molar-refractivity contribution in [2.24, 2.45) is 11.3 Å². The molecule has 1 aromatic carbocycles. The van der Waals surface area contributed by atoms with Gasteiger partial charge >= 0.3 is 0 Å². The number of fused-ring (bicyclic) bond motifs is 2. The van der Waals surface area contributed by atoms with Crippen LogP contribution in [0.3, 0.4) is 0 Å². The molecule has 9 heteroatoms. The summed E-state index contributed by atoms with van der Waals surface area (Å²) in [4.78, 5) is 19.2. The molecule has 41 heavy (non-hydrogen) atoms. The molecule has 2 aliphatic carbocycles. The molecule has 1 amide bonds. The van der Waals surface area contributed by atoms with E-state index in [1.54, 1.807) is 6.07 Å². The van der Waals surface area contributed by atoms with E-state index in [2.05, 4.69) is 46.2 Å². The number of nitrogens with zero attached hydrogens (tertiary/aromatic N) is 4. The van der Waals surface area contributed by atoms with Gasteiger partial charge in [-0.15, -0.1) is 0 Å². The molecular formula is C32H45FN6O2. The third-order valence-corrected chi connectivity index (χ3v) is 10.8. The van der Waals surface area contributed by atoms with E-state index in [0.717, 1.165) is 63.6 Å². The monoisotopic (exact) mass is 564 g/mol. The van der Waals surface area contributed by atoms with E-state index in [1.807, 2.05) is 11.0 Å². The highest BCUT2D eigenvalue weighted by atomic mass is 19.1. The van der Waals surface area contributed by atoms with E-state index in [9.17, 15) is 14.4 Å². The summed E-state index contributed by atoms with van der Waals surface area (Å²) in [6.07, 6.45) is 9.89. The number of likely N-dealkylation sites (tertiary alicyclic amines) is 1. The molecule has 0 bridgehead atoms. The van der Waals surface area contributed by atoms with Crippen LogP contribution in [0.4, 0.5) is 4.39 Å². The van der Waals surface area contributed by atoms with E-state index < -0.39 is 0 Å². The molecule has 2 N–H and O–H groups in total. The van der Waals surface area contributed by atoms with Gasteiger partial charge in [-0.05, 0) is 93.6 Å². The number of ether oxygens (including phenoxy) is 1. The van der Waals surface area contributed by atoms with Crippen LogP contribution >= 0.6 is 0 Å². The first-order chi connectivity index (χ1) is 19.9. The highest BCUT2D eigenvalue weighted by Gasteiger charge is 2.50. The minimum atomic E-state index is -0.263. The largest absolute Gasteiger partial charge is 0.348 e. The second-order valence-electron chi connectivity index (χ2n) is 13.1. The molecule has 5 aliphatic rings. The molecule has 8 nitrogen and oxygen atoms in total. The highest BCUT2D eigenvalue weighted by molar-refractivity contribution is 5.87. The van der Waals surface area contributed by atoms with Gasteiger partial charge < -0.3 is 14.5 Å². The van der Waals surface area contributed by atoms with Gasteiger partial charge in [0, 0.05) is 37.6 Å². The predicted molar refractivity (Wildman–Crippen MR) is 155 cm³/mol. The summed E-state index contributed by atoms with van der Waals surface area (Å²) in [7, 11) is 2.18. The average molecular weight is 565 g/mol. The maximum Gasteiger partial charge on any atom is 0.246 e. The third kappa shape index (κ3) is 5.82. The molecule has 6 rings (SSSR count). The van der Waals surface area contributed by atoms with Crippen molar-refractivity contribution in [3.63, 3.8) is 0 Å². The minimum Gasteiger partial charge on any atom is -0.348 e. The van der Waals surface area contributed by atoms with Gasteiger partial charge in [0.05, 0.1) is 31.3 Å². The van der Waals surface area contributed by atoms with Crippen molar-refractivity contribution in [1.29, 1.82) is 5.26 Å². The lowest BCUT2D eigenvalue weighted by atomic mass is 9.59. The fraction of sp³-hybridized carbons (Fsp3) is 0.688. The average Bonchev–Trinajstić information content (AvgIpc) is 3.39. The number of hydrogen-bond acceptors (Lipinski definition) is 7. The van der Waals surface area contributed by atoms with Gasteiger partial charge in [-0.3, -0.25) is 20.3 Å². The van der Waals surface area contributed by atoms with Crippen molar-refractivity contribution in [3.05, 3.63) is 47.8 Å². The second-order valence-corrected chi connectivity index (χ2v) is 13.1. The summed E-state index contributed by atoms with van der Waals surface area (Å²) < 4.78 is 21.1. The maximum absolute atomic E-state index is 14.5. The van der Waals surface area contributed by atoms with Crippen molar-refractivity contribution in [2.75, 3.05) is 39.8 Å². The molecule has 3 saturated heterocycles. The molecule has 1 saturated carbocycles. The normalized spacial score (nSPS) is 36.0. The zero-order valence-corrected chi connectivity index (χ0v) is 24.4. The Bertz CT molecular complexity index is 1170. The maximum atomic E-state index is 14.5. The SMILES string of the molecule is C=CC(=O)N1CCN(C2NC(OCC3CCCN3C)NC3CC4(CCc5c(F)cccc5C4)CCC32)CC1CC#N. The number of carbonyl (C=O) groups excluding carboxylic acids is 1. The Hall–Kier alpha value is -2.35. The molecule has 1 aromatic rings. The van der Waals surface area contributed by atoms with Crippen LogP contribution in [0.2, 0.25) is 0 Å². The Balaban J connectivity index is 1.21. The fourth-order valence-electron chi connectivity index (χ4n) is 8.48. The quantitative estimate of drug-likeness (QED) is 0.514. The fourth-order valence-corrected chi connectivity index (χ4v) is 8.48. The number of benzene rings is 1. The Kier molecular flexibility index (Phi) is 8.49. The van der Waals surface area contributed by atoms with E-state index >= 15 is 0 Å². The molecule has 3 heterocycles. The Morgan fingerprint density at radius 1 is 1.24 bits per heavy atom. The van der Waals surface area contributed by atoms with E-state index in [-0.39, 0.29) is 41.7 Å². The van der Waals surface area contributed by atoms with E-state index in [0.29, 0.717) is 38.1 Å². The molecule has 0 radical (unpaired) electrons. The van der Waals surface area contributed by atoms with Gasteiger partial charge in [0.25, 0.3) is 0 Å². The van der Waals surface area contributed by atoms with Crippen LogP contribution in [0.15, 0.2) is 30.9 Å². The topological polar surface area (TPSA) is 83.9 Å². The molecule has 4 fully saturated rings. The predicted octanol–water partition coefficient (Wildman–Crippen LogP) is 3.00. The van der Waals surface area contributed by atoms with Crippen molar-refractivity contribution in [3.8, 4) is 6.07 Å². The summed E-state index contributed by atoms with van der Waals surface area (Å²) >= 11 is 0. The van der Waals surface area contributed by atoms with Crippen LogP contribution in [-0.4, -0.2) is 91.1 Å². The van der Waals surface area contributed by atoms with Crippen LogP contribution in [0.5, 0.6) is 0 Å². The van der Waals surface area contributed by atoms with Gasteiger partial charge in [0.1, 0.15) is 5.82 Å². The molecule has 0 aromatic heterocycles. The number of amides is 1. The number of likely N-dealkylation sites (N-methyl/N-ethyl adjacent to an activating group) is 1. The number of carbonyl (C=O) groups is 1. The summed E-state index contributed by atoms with van der Waals surface area (Å²) in [5, 5.41) is 17.2. The van der Waals surface area contributed by atoms with Gasteiger partial charge in [-0.1, -0.05) is 18.7 Å². The number of nitrogens with one attached hydrogen (secondary N) is 2. The smallest absolute Gasteiger partial charge is 0.246 e. The molecule has 1 spiro atoms. The number of rotatable bonds is 6. The van der Waals surface area contributed by atoms with E-state index in [4.69, 9.17) is 4.74 Å². The first kappa shape index (κ1) is 28.8. The van der Waals surface area contributed by atoms with Crippen LogP contribution < -0.4 is 10.6 Å². The molecular weight excluding hydrogens is 519 g/mol. The zero-order valence-electron chi connectivity index (χ0n) is 24.4. The molecule has 7 unspecified atom stereocenters. The number of piperazine rings is 1. The summed E-state index contributed by atoms with van der Waals surface area (Å²) in [6, 6.07) is 8.43. The lowest BCUT2D eigenvalue weighted by Crippen LogP contribution is -2.72. The first-order valence-corrected chi connectivity index (χ1v) is 15.5. The van der Waals surface area contributed by atoms with Gasteiger partial charge in [0.2, 0.25) is 5.91 Å². The van der Waals surface area contributed by atoms with Crippen LogP contribution in [0.25, 0.3) is 0 Å². The molecule has 3 aliphatic heterocycles. The first-order valence-electron chi connectivity index (χ1n) is 15.5. The van der Waals surface area contributed by atoms with Gasteiger partial charge in [-0.25, -0.2) is 4.39 Å². The Morgan fingerprint density at radius 3 is 2.90 bits per heavy atom. The van der Waals surface area contributed by atoms with Gasteiger partial charge in [-0.2, -0.15) is 5.26 Å². The summed E-state index contributed by atoms with van der Waals surface area (Å²) in [6.45, 7) is 7.46. The number of nitriles is 1. The third-order valence-electron chi connectivity index (χ3n) is 10.8. The van der Waals surface area contributed by atoms with Crippen molar-refractivity contribution in [1.82, 2.24) is 25.3 Å². The Labute approximate surface area is 243 Å². The standard InChI is InChI=1S/C32H45FN6O2/c1-3-29(40)39-17-16-38(20-23(39)11-14-34)30-26-10-13-32(12-9-25-22(18-32)6-4-8-27(25)33)19-28(26)35-31(36-30)41-21-24-7-5-15-37(24)2/h3-4,6,8,23-24,26,28,30-31,35-36H,1,5,7,9-13,15-21H2,2H3. The molecule has 222 valence electrons. The van der Waals surface area contributed by atoms with Crippen molar-refractivity contribution >= 4 is 5.91 Å². The van der Waals surface area contributed by atoms with Gasteiger partial charge in [0.15, 0.2) is 6.35 Å². The van der Waals surface area contributed by atoms with Crippen LogP contribution in [-0.2, 0) is 22.4 Å². The minimum absolute atomic E-state index is 0.0579. The zero-order chi connectivity index (χ0) is 28.6. The van der Waals surface area contributed by atoms with Crippen molar-refractivity contribution in [2.45, 2.75) is 88.4 Å². The Morgan fingerprint density at radius 2 is 2.12 bits per heavy atom. The van der Waals surface area contributed by atoms with Crippen LogP contribution in [0, 0.1) is 28.5 Å². The highest BCUT2D eigenvalue weighted by Crippen LogP contribution is 2.50. The lowest BCUT2D eigenvalue weighted by Gasteiger charge is -2.56. The number of halogens is 1. The summed E-state index contributed by atoms with van der Waals surface area (Å²) in [5.74, 6) is 0.224. The van der Waals surface area contributed by atoms with E-state index in [1.165, 1.54) is 18.1 Å². The number of hydrogen-bond donors (Lipinski definition) is 2. The van der Waals surface area contributed by atoms with Crippen molar-refractivity contribution < 1.29 is 13.9 Å². The summed E-state index contributed by atoms with van der Waals surface area (Å²) in [5.41, 5.74) is 2.26. The second kappa shape index (κ2) is 12.1. The molecule has 7 atom stereocenters. The van der Waals surface area contributed by atoms with Crippen LogP contribution in [0.1, 0.15) is 56.1 Å². The lowest BCUT2D eigenvalue weighted by molar-refractivity contribution is -0.137.